The summed E-state index contributed by atoms with van der Waals surface area (Å²) in [7, 11) is 1.33. The molecule has 3 aromatic heterocycles. The second kappa shape index (κ2) is 12.2. The van der Waals surface area contributed by atoms with Gasteiger partial charge in [0.1, 0.15) is 29.9 Å². The number of hydrogen-bond acceptors (Lipinski definition) is 8. The summed E-state index contributed by atoms with van der Waals surface area (Å²) < 4.78 is 78.1. The van der Waals surface area contributed by atoms with Gasteiger partial charge in [0.05, 0.1) is 24.5 Å². The highest BCUT2D eigenvalue weighted by Crippen LogP contribution is 2.42. The smallest absolute Gasteiger partial charge is 0.410 e. The molecule has 14 heteroatoms. The Labute approximate surface area is 241 Å². The molecule has 0 spiro atoms. The molecule has 0 saturated heterocycles. The molecule has 1 unspecified atom stereocenters. The van der Waals surface area contributed by atoms with Crippen molar-refractivity contribution in [3.63, 3.8) is 0 Å². The number of benzene rings is 2. The van der Waals surface area contributed by atoms with E-state index in [1.54, 1.807) is 6.92 Å². The average Bonchev–Trinajstić information content (AvgIpc) is 3.29. The number of amides is 1. The highest BCUT2D eigenvalue weighted by molar-refractivity contribution is 5.93. The topological polar surface area (TPSA) is 124 Å². The first kappa shape index (κ1) is 29.1. The first-order valence-corrected chi connectivity index (χ1v) is 12.6. The molecule has 43 heavy (non-hydrogen) atoms. The van der Waals surface area contributed by atoms with Gasteiger partial charge in [-0.1, -0.05) is 30.3 Å². The molecule has 0 radical (unpaired) electrons. The molecule has 5 rings (SSSR count). The molecule has 5 aromatic rings. The Morgan fingerprint density at radius 2 is 1.79 bits per heavy atom. The lowest BCUT2D eigenvalue weighted by Crippen LogP contribution is -2.20. The van der Waals surface area contributed by atoms with Crippen LogP contribution in [0.2, 0.25) is 0 Å². The first-order chi connectivity index (χ1) is 20.7. The molecule has 2 aromatic carbocycles. The molecule has 0 aliphatic heterocycles. The van der Waals surface area contributed by atoms with E-state index in [1.807, 2.05) is 30.3 Å². The summed E-state index contributed by atoms with van der Waals surface area (Å²) >= 11 is 0. The minimum absolute atomic E-state index is 0.0274. The van der Waals surface area contributed by atoms with Gasteiger partial charge in [-0.3, -0.25) is 0 Å². The van der Waals surface area contributed by atoms with E-state index in [0.717, 1.165) is 18.0 Å². The Morgan fingerprint density at radius 1 is 1.02 bits per heavy atom. The van der Waals surface area contributed by atoms with Crippen LogP contribution in [-0.4, -0.2) is 45.5 Å². The Bertz CT molecular complexity index is 1780. The minimum atomic E-state index is -3.47. The number of nitrogens with two attached hydrogens (primary N) is 1. The molecule has 0 aliphatic carbocycles. The van der Waals surface area contributed by atoms with Gasteiger partial charge >= 0.3 is 12.5 Å². The van der Waals surface area contributed by atoms with Crippen LogP contribution in [0.1, 0.15) is 11.1 Å². The van der Waals surface area contributed by atoms with Crippen molar-refractivity contribution in [2.75, 3.05) is 7.11 Å². The number of ether oxygens (including phenoxy) is 4. The number of carbonyl (C=O) groups is 1. The van der Waals surface area contributed by atoms with Gasteiger partial charge in [-0.25, -0.2) is 27.9 Å². The SMILES string of the molecule is COc1cc(OC(N)=O)cnc1-c1c(C)c2ncnc(OC(F)C(F)F)c2n1-c1ccc(OCc2ccccc2)c(F)c1. The van der Waals surface area contributed by atoms with E-state index in [-0.39, 0.29) is 52.0 Å². The molecule has 0 bridgehead atoms. The molecule has 3 heterocycles. The number of carbonyl (C=O) groups excluding carboxylic acids is 1. The van der Waals surface area contributed by atoms with E-state index >= 15 is 4.39 Å². The van der Waals surface area contributed by atoms with Gasteiger partial charge in [-0.05, 0) is 24.6 Å². The van der Waals surface area contributed by atoms with Crippen molar-refractivity contribution in [2.45, 2.75) is 26.3 Å². The molecular weight excluding hydrogens is 574 g/mol. The van der Waals surface area contributed by atoms with Crippen LogP contribution in [0.5, 0.6) is 23.1 Å². The van der Waals surface area contributed by atoms with Gasteiger partial charge in [0.25, 0.3) is 6.36 Å². The van der Waals surface area contributed by atoms with E-state index in [9.17, 15) is 18.0 Å². The fourth-order valence-electron chi connectivity index (χ4n) is 4.43. The Balaban J connectivity index is 1.70. The number of hydrogen-bond donors (Lipinski definition) is 1. The van der Waals surface area contributed by atoms with Crippen LogP contribution in [-0.2, 0) is 6.61 Å². The van der Waals surface area contributed by atoms with E-state index in [1.165, 1.54) is 36.1 Å². The number of fused-ring (bicyclic) bond motifs is 1. The van der Waals surface area contributed by atoms with Crippen molar-refractivity contribution in [3.8, 4) is 40.2 Å². The van der Waals surface area contributed by atoms with E-state index < -0.39 is 30.6 Å². The number of aromatic nitrogens is 4. The second-order valence-electron chi connectivity index (χ2n) is 9.02. The predicted molar refractivity (Wildman–Crippen MR) is 146 cm³/mol. The van der Waals surface area contributed by atoms with Crippen LogP contribution in [0.4, 0.5) is 22.4 Å². The van der Waals surface area contributed by atoms with Crippen molar-refractivity contribution in [1.82, 2.24) is 19.5 Å². The molecule has 0 fully saturated rings. The number of aryl methyl sites for hydroxylation is 1. The maximum absolute atomic E-state index is 15.5. The summed E-state index contributed by atoms with van der Waals surface area (Å²) in [5.74, 6) is -1.26. The standard InChI is InChI=1S/C29H23F4N5O5/c1-15-22-25(28(37-14-36-22)43-27(33)26(31)32)38(24(15)23-21(40-2)11-18(12-35-23)42-29(34)39)17-8-9-20(19(30)10-17)41-13-16-6-4-3-5-7-16/h3-12,14,26-27H,13H2,1-2H3,(H2,34,39). The number of alkyl halides is 3. The second-order valence-corrected chi connectivity index (χ2v) is 9.02. The van der Waals surface area contributed by atoms with Crippen LogP contribution in [0, 0.1) is 12.7 Å². The van der Waals surface area contributed by atoms with Crippen molar-refractivity contribution in [2.24, 2.45) is 5.73 Å². The number of rotatable bonds is 10. The summed E-state index contributed by atoms with van der Waals surface area (Å²) in [6.07, 6.45) is -5.33. The van der Waals surface area contributed by atoms with Gasteiger partial charge in [-0.2, -0.15) is 9.37 Å². The van der Waals surface area contributed by atoms with E-state index in [4.69, 9.17) is 24.7 Å². The lowest BCUT2D eigenvalue weighted by Gasteiger charge is -2.17. The molecule has 2 N–H and O–H groups in total. The molecule has 222 valence electrons. The Hall–Kier alpha value is -5.40. The molecule has 1 atom stereocenters. The zero-order valence-electron chi connectivity index (χ0n) is 22.6. The molecular formula is C29H23F4N5O5. The highest BCUT2D eigenvalue weighted by atomic mass is 19.3. The number of nitrogens with zero attached hydrogens (tertiary/aromatic N) is 4. The number of primary amides is 1. The van der Waals surface area contributed by atoms with Crippen molar-refractivity contribution in [3.05, 3.63) is 84.1 Å². The third-order valence-corrected chi connectivity index (χ3v) is 6.27. The number of halogens is 4. The third-order valence-electron chi connectivity index (χ3n) is 6.27. The zero-order valence-corrected chi connectivity index (χ0v) is 22.6. The normalized spacial score (nSPS) is 11.9. The maximum atomic E-state index is 15.5. The van der Waals surface area contributed by atoms with Crippen LogP contribution in [0.25, 0.3) is 28.1 Å². The Kier molecular flexibility index (Phi) is 8.27. The highest BCUT2D eigenvalue weighted by Gasteiger charge is 2.29. The molecule has 0 saturated carbocycles. The summed E-state index contributed by atoms with van der Waals surface area (Å²) in [5, 5.41) is 0. The Morgan fingerprint density at radius 3 is 2.47 bits per heavy atom. The third kappa shape index (κ3) is 5.98. The van der Waals surface area contributed by atoms with Crippen LogP contribution >= 0.6 is 0 Å². The van der Waals surface area contributed by atoms with Crippen molar-refractivity contribution >= 4 is 17.1 Å². The quantitative estimate of drug-likeness (QED) is 0.197. The fourth-order valence-corrected chi connectivity index (χ4v) is 4.43. The van der Waals surface area contributed by atoms with Crippen LogP contribution in [0.15, 0.2) is 67.1 Å². The fraction of sp³-hybridized carbons (Fsp3) is 0.172. The summed E-state index contributed by atoms with van der Waals surface area (Å²) in [4.78, 5) is 23.8. The molecule has 0 aliphatic rings. The lowest BCUT2D eigenvalue weighted by atomic mass is 10.1. The summed E-state index contributed by atoms with van der Waals surface area (Å²) in [6, 6.07) is 14.5. The van der Waals surface area contributed by atoms with Crippen molar-refractivity contribution < 1.29 is 41.3 Å². The predicted octanol–water partition coefficient (Wildman–Crippen LogP) is 5.91. The first-order valence-electron chi connectivity index (χ1n) is 12.6. The van der Waals surface area contributed by atoms with Gasteiger partial charge in [0.15, 0.2) is 17.3 Å². The number of pyridine rings is 1. The van der Waals surface area contributed by atoms with Crippen molar-refractivity contribution in [1.29, 1.82) is 0 Å². The minimum Gasteiger partial charge on any atom is -0.494 e. The van der Waals surface area contributed by atoms with Gasteiger partial charge in [-0.15, -0.1) is 0 Å². The molecule has 10 nitrogen and oxygen atoms in total. The molecule has 1 amide bonds. The number of methoxy groups -OCH3 is 1. The average molecular weight is 598 g/mol. The maximum Gasteiger partial charge on any atom is 0.410 e. The van der Waals surface area contributed by atoms with Gasteiger partial charge < -0.3 is 29.2 Å². The van der Waals surface area contributed by atoms with E-state index in [2.05, 4.69) is 15.0 Å². The van der Waals surface area contributed by atoms with E-state index in [0.29, 0.717) is 5.56 Å². The summed E-state index contributed by atoms with van der Waals surface area (Å²) in [6.45, 7) is 1.74. The van der Waals surface area contributed by atoms with Gasteiger partial charge in [0, 0.05) is 23.4 Å². The zero-order chi connectivity index (χ0) is 30.7. The summed E-state index contributed by atoms with van der Waals surface area (Å²) in [5.41, 5.74) is 7.00. The lowest BCUT2D eigenvalue weighted by molar-refractivity contribution is -0.0683. The van der Waals surface area contributed by atoms with Crippen LogP contribution in [0.3, 0.4) is 0 Å². The van der Waals surface area contributed by atoms with Gasteiger partial charge in [0.2, 0.25) is 5.88 Å². The largest absolute Gasteiger partial charge is 0.494 e. The van der Waals surface area contributed by atoms with Crippen LogP contribution < -0.4 is 24.7 Å². The monoisotopic (exact) mass is 597 g/mol.